The average Bonchev–Trinajstić information content (AvgIpc) is 2.96. The highest BCUT2D eigenvalue weighted by atomic mass is 16.3. The third-order valence-corrected chi connectivity index (χ3v) is 3.43. The average molecular weight is 264 g/mol. The van der Waals surface area contributed by atoms with Gasteiger partial charge in [-0.3, -0.25) is 4.79 Å². The zero-order valence-corrected chi connectivity index (χ0v) is 12.7. The van der Waals surface area contributed by atoms with Crippen molar-refractivity contribution in [2.75, 3.05) is 0 Å². The summed E-state index contributed by atoms with van der Waals surface area (Å²) < 4.78 is 0. The Labute approximate surface area is 117 Å². The van der Waals surface area contributed by atoms with Gasteiger partial charge >= 0.3 is 0 Å². The van der Waals surface area contributed by atoms with Gasteiger partial charge in [0, 0.05) is 0 Å². The van der Waals surface area contributed by atoms with Crippen LogP contribution in [-0.4, -0.2) is 11.6 Å². The summed E-state index contributed by atoms with van der Waals surface area (Å²) >= 11 is 0. The maximum Gasteiger partial charge on any atom is 0.290 e. The van der Waals surface area contributed by atoms with E-state index >= 15 is 0 Å². The highest BCUT2D eigenvalue weighted by Gasteiger charge is 2.16. The third-order valence-electron chi connectivity index (χ3n) is 3.43. The van der Waals surface area contributed by atoms with Gasteiger partial charge in [-0.05, 0) is 35.8 Å². The lowest BCUT2D eigenvalue weighted by molar-refractivity contribution is -0.122. The molecule has 1 aliphatic carbocycles. The summed E-state index contributed by atoms with van der Waals surface area (Å²) in [5.74, 6) is 1.52. The largest absolute Gasteiger partial charge is 0.483 e. The van der Waals surface area contributed by atoms with Crippen LogP contribution < -0.4 is 0 Å². The molecule has 1 N–H and O–H groups in total. The molecule has 2 heteroatoms. The zero-order valence-electron chi connectivity index (χ0n) is 12.7. The molecule has 1 fully saturated rings. The van der Waals surface area contributed by atoms with Crippen LogP contribution in [0.2, 0.25) is 0 Å². The molecule has 2 rings (SSSR count). The van der Waals surface area contributed by atoms with Crippen LogP contribution in [0.4, 0.5) is 0 Å². The second-order valence-electron chi connectivity index (χ2n) is 4.91. The normalized spacial score (nSPS) is 14.2. The number of carbonyl (C=O) groups is 1. The maximum atomic E-state index is 8.36. The predicted octanol–water partition coefficient (Wildman–Crippen LogP) is 5.19. The van der Waals surface area contributed by atoms with E-state index in [4.69, 9.17) is 9.90 Å². The number of carboxylic acid groups (broad SMARTS) is 1. The lowest BCUT2D eigenvalue weighted by Gasteiger charge is -2.11. The quantitative estimate of drug-likeness (QED) is 0.746. The van der Waals surface area contributed by atoms with Crippen molar-refractivity contribution in [2.24, 2.45) is 0 Å². The molecule has 108 valence electrons. The maximum absolute atomic E-state index is 8.36. The van der Waals surface area contributed by atoms with Crippen LogP contribution in [0.5, 0.6) is 0 Å². The fourth-order valence-electron chi connectivity index (χ4n) is 2.41. The topological polar surface area (TPSA) is 37.3 Å². The first-order valence-corrected chi connectivity index (χ1v) is 7.36. The molecule has 1 aromatic carbocycles. The van der Waals surface area contributed by atoms with Crippen molar-refractivity contribution < 1.29 is 9.90 Å². The molecule has 2 nitrogen and oxygen atoms in total. The third kappa shape index (κ3) is 6.42. The van der Waals surface area contributed by atoms with Gasteiger partial charge in [0.2, 0.25) is 0 Å². The van der Waals surface area contributed by atoms with Gasteiger partial charge in [-0.1, -0.05) is 64.8 Å². The van der Waals surface area contributed by atoms with E-state index in [1.54, 1.807) is 5.56 Å². The second-order valence-corrected chi connectivity index (χ2v) is 4.91. The molecule has 0 atom stereocenters. The van der Waals surface area contributed by atoms with E-state index in [-0.39, 0.29) is 6.47 Å². The Morgan fingerprint density at radius 1 is 1.11 bits per heavy atom. The van der Waals surface area contributed by atoms with E-state index in [1.165, 1.54) is 31.2 Å². The minimum absolute atomic E-state index is 0.250. The van der Waals surface area contributed by atoms with Crippen LogP contribution in [0.15, 0.2) is 24.3 Å². The zero-order chi connectivity index (χ0) is 14.7. The summed E-state index contributed by atoms with van der Waals surface area (Å²) in [6.45, 7) is 8.26. The van der Waals surface area contributed by atoms with Gasteiger partial charge in [-0.25, -0.2) is 0 Å². The van der Waals surface area contributed by atoms with E-state index in [1.807, 2.05) is 13.8 Å². The van der Waals surface area contributed by atoms with Crippen LogP contribution in [0, 0.1) is 0 Å². The molecule has 0 aliphatic heterocycles. The van der Waals surface area contributed by atoms with Crippen LogP contribution >= 0.6 is 0 Å². The van der Waals surface area contributed by atoms with E-state index < -0.39 is 0 Å². The van der Waals surface area contributed by atoms with Gasteiger partial charge in [-0.15, -0.1) is 0 Å². The van der Waals surface area contributed by atoms with Gasteiger partial charge in [-0.2, -0.15) is 0 Å². The molecule has 0 heterocycles. The first kappa shape index (κ1) is 17.7. The fraction of sp³-hybridized carbons (Fsp3) is 0.588. The van der Waals surface area contributed by atoms with E-state index in [9.17, 15) is 0 Å². The van der Waals surface area contributed by atoms with Crippen molar-refractivity contribution in [2.45, 2.75) is 65.2 Å². The summed E-state index contributed by atoms with van der Waals surface area (Å²) in [5.41, 5.74) is 3.03. The summed E-state index contributed by atoms with van der Waals surface area (Å²) in [6.07, 6.45) is 5.66. The Kier molecular flexibility index (Phi) is 9.87. The summed E-state index contributed by atoms with van der Waals surface area (Å²) in [7, 11) is 0. The van der Waals surface area contributed by atoms with Gasteiger partial charge in [0.15, 0.2) is 0 Å². The Bertz CT molecular complexity index is 322. The highest BCUT2D eigenvalue weighted by Crippen LogP contribution is 2.34. The molecule has 19 heavy (non-hydrogen) atoms. The number of rotatable bonds is 2. The molecule has 0 saturated heterocycles. The molecule has 1 aromatic rings. The number of hydrogen-bond donors (Lipinski definition) is 1. The smallest absolute Gasteiger partial charge is 0.290 e. The van der Waals surface area contributed by atoms with Gasteiger partial charge in [0.05, 0.1) is 0 Å². The summed E-state index contributed by atoms with van der Waals surface area (Å²) in [4.78, 5) is 8.36. The van der Waals surface area contributed by atoms with E-state index in [2.05, 4.69) is 38.1 Å². The van der Waals surface area contributed by atoms with Crippen molar-refractivity contribution in [1.82, 2.24) is 0 Å². The molecule has 1 saturated carbocycles. The van der Waals surface area contributed by atoms with Crippen molar-refractivity contribution >= 4 is 6.47 Å². The fourth-order valence-corrected chi connectivity index (χ4v) is 2.41. The van der Waals surface area contributed by atoms with Gasteiger partial charge in [0.25, 0.3) is 6.47 Å². The highest BCUT2D eigenvalue weighted by molar-refractivity contribution is 5.32. The lowest BCUT2D eigenvalue weighted by atomic mass is 9.94. The molecule has 0 spiro atoms. The van der Waals surface area contributed by atoms with Gasteiger partial charge in [0.1, 0.15) is 0 Å². The Morgan fingerprint density at radius 2 is 1.53 bits per heavy atom. The van der Waals surface area contributed by atoms with Crippen molar-refractivity contribution in [3.8, 4) is 0 Å². The van der Waals surface area contributed by atoms with Crippen molar-refractivity contribution in [3.05, 3.63) is 35.4 Å². The number of hydrogen-bond acceptors (Lipinski definition) is 1. The molecule has 0 unspecified atom stereocenters. The molecular weight excluding hydrogens is 236 g/mol. The van der Waals surface area contributed by atoms with E-state index in [0.29, 0.717) is 5.92 Å². The van der Waals surface area contributed by atoms with Crippen molar-refractivity contribution in [3.63, 3.8) is 0 Å². The standard InChI is InChI=1S/C14H20.C2H6.CH2O2/c1-11(2)12-7-9-14(10-8-12)13-5-3-4-6-13;1-2;2-1-3/h7-11,13H,3-6H2,1-2H3;1-2H3;1H,(H,2,3). The monoisotopic (exact) mass is 264 g/mol. The molecular formula is C17H28O2. The van der Waals surface area contributed by atoms with Crippen molar-refractivity contribution in [1.29, 1.82) is 0 Å². The molecule has 0 aromatic heterocycles. The molecule has 0 bridgehead atoms. The molecule has 1 aliphatic rings. The van der Waals surface area contributed by atoms with E-state index in [0.717, 1.165) is 5.92 Å². The predicted molar refractivity (Wildman–Crippen MR) is 81.8 cm³/mol. The molecule has 0 radical (unpaired) electrons. The SMILES string of the molecule is CC.CC(C)c1ccc(C2CCCC2)cc1.O=CO. The van der Waals surface area contributed by atoms with Crippen LogP contribution in [0.25, 0.3) is 0 Å². The Morgan fingerprint density at radius 3 is 1.89 bits per heavy atom. The second kappa shape index (κ2) is 10.6. The summed E-state index contributed by atoms with van der Waals surface area (Å²) in [6, 6.07) is 9.28. The lowest BCUT2D eigenvalue weighted by Crippen LogP contribution is -1.93. The summed E-state index contributed by atoms with van der Waals surface area (Å²) in [5, 5.41) is 6.89. The van der Waals surface area contributed by atoms with Crippen LogP contribution in [0.3, 0.4) is 0 Å². The molecule has 0 amide bonds. The first-order chi connectivity index (χ1) is 9.19. The first-order valence-electron chi connectivity index (χ1n) is 7.36. The Hall–Kier alpha value is -1.31. The minimum Gasteiger partial charge on any atom is -0.483 e. The number of benzene rings is 1. The van der Waals surface area contributed by atoms with Crippen LogP contribution in [0.1, 0.15) is 76.3 Å². The minimum atomic E-state index is -0.250. The Balaban J connectivity index is 0.000000573. The van der Waals surface area contributed by atoms with Gasteiger partial charge < -0.3 is 5.11 Å². The van der Waals surface area contributed by atoms with Crippen LogP contribution in [-0.2, 0) is 4.79 Å².